The number of carbonyl (C=O) groups excluding carboxylic acids is 3. The molecule has 2 aromatic rings. The Morgan fingerprint density at radius 2 is 1.64 bits per heavy atom. The second-order valence-corrected chi connectivity index (χ2v) is 7.62. The van der Waals surface area contributed by atoms with Crippen LogP contribution >= 0.6 is 0 Å². The van der Waals surface area contributed by atoms with Crippen LogP contribution in [-0.2, 0) is 9.59 Å². The fourth-order valence-corrected chi connectivity index (χ4v) is 3.58. The number of primary amides is 1. The summed E-state index contributed by atoms with van der Waals surface area (Å²) in [5, 5.41) is 13.4. The standard InChI is InChI=1S/C22H24FN5O5/c23-16-3-1-15(2-4-16)21(30)25-19(9-10-20(24)29)22(31)27-13-11-26(12-14-27)17-5-7-18(8-6-17)28(32)33/h1-8,19H,9-14H2,(H2,24,29)(H,25,30). The lowest BCUT2D eigenvalue weighted by Crippen LogP contribution is -2.55. The molecule has 1 aliphatic rings. The zero-order valence-electron chi connectivity index (χ0n) is 17.8. The van der Waals surface area contributed by atoms with Crippen LogP contribution in [0.15, 0.2) is 48.5 Å². The Kier molecular flexibility index (Phi) is 7.54. The van der Waals surface area contributed by atoms with Gasteiger partial charge in [-0.25, -0.2) is 4.39 Å². The lowest BCUT2D eigenvalue weighted by molar-refractivity contribution is -0.384. The first-order valence-electron chi connectivity index (χ1n) is 10.4. The highest BCUT2D eigenvalue weighted by Gasteiger charge is 2.29. The number of benzene rings is 2. The molecule has 1 aliphatic heterocycles. The number of halogens is 1. The van der Waals surface area contributed by atoms with Crippen molar-refractivity contribution in [2.45, 2.75) is 18.9 Å². The molecule has 3 rings (SSSR count). The molecule has 0 aromatic heterocycles. The fraction of sp³-hybridized carbons (Fsp3) is 0.318. The predicted octanol–water partition coefficient (Wildman–Crippen LogP) is 1.45. The summed E-state index contributed by atoms with van der Waals surface area (Å²) in [7, 11) is 0. The Labute approximate surface area is 189 Å². The van der Waals surface area contributed by atoms with Gasteiger partial charge in [-0.15, -0.1) is 0 Å². The number of nitrogens with one attached hydrogen (secondary N) is 1. The van der Waals surface area contributed by atoms with E-state index in [1.54, 1.807) is 17.0 Å². The summed E-state index contributed by atoms with van der Waals surface area (Å²) in [4.78, 5) is 50.8. The van der Waals surface area contributed by atoms with E-state index >= 15 is 0 Å². The number of hydrogen-bond acceptors (Lipinski definition) is 6. The summed E-state index contributed by atoms with van der Waals surface area (Å²) in [5.41, 5.74) is 6.22. The lowest BCUT2D eigenvalue weighted by Gasteiger charge is -2.37. The molecule has 0 aliphatic carbocycles. The first kappa shape index (κ1) is 23.6. The molecule has 1 atom stereocenters. The molecule has 174 valence electrons. The second-order valence-electron chi connectivity index (χ2n) is 7.62. The molecule has 2 aromatic carbocycles. The highest BCUT2D eigenvalue weighted by atomic mass is 19.1. The van der Waals surface area contributed by atoms with E-state index in [0.717, 1.165) is 17.8 Å². The third kappa shape index (κ3) is 6.25. The van der Waals surface area contributed by atoms with Crippen LogP contribution in [0.1, 0.15) is 23.2 Å². The molecule has 1 heterocycles. The molecule has 3 N–H and O–H groups in total. The minimum atomic E-state index is -0.957. The summed E-state index contributed by atoms with van der Waals surface area (Å²) in [5.74, 6) is -1.97. The highest BCUT2D eigenvalue weighted by Crippen LogP contribution is 2.21. The van der Waals surface area contributed by atoms with Crippen LogP contribution in [0, 0.1) is 15.9 Å². The minimum absolute atomic E-state index is 0.00162. The van der Waals surface area contributed by atoms with E-state index in [2.05, 4.69) is 5.32 Å². The van der Waals surface area contributed by atoms with E-state index < -0.39 is 28.6 Å². The lowest BCUT2D eigenvalue weighted by atomic mass is 10.1. The van der Waals surface area contributed by atoms with Crippen LogP contribution in [0.25, 0.3) is 0 Å². The monoisotopic (exact) mass is 457 g/mol. The molecule has 1 fully saturated rings. The molecule has 10 nitrogen and oxygen atoms in total. The molecule has 3 amide bonds. The Balaban J connectivity index is 1.63. The van der Waals surface area contributed by atoms with Crippen LogP contribution in [0.3, 0.4) is 0 Å². The number of non-ortho nitro benzene ring substituents is 1. The maximum absolute atomic E-state index is 13.1. The molecular formula is C22H24FN5O5. The quantitative estimate of drug-likeness (QED) is 0.454. The van der Waals surface area contributed by atoms with Gasteiger partial charge in [-0.05, 0) is 42.8 Å². The Morgan fingerprint density at radius 1 is 1.03 bits per heavy atom. The average molecular weight is 457 g/mol. The van der Waals surface area contributed by atoms with E-state index in [4.69, 9.17) is 5.73 Å². The number of nitro benzene ring substituents is 1. The van der Waals surface area contributed by atoms with Crippen molar-refractivity contribution in [2.24, 2.45) is 5.73 Å². The van der Waals surface area contributed by atoms with Crippen molar-refractivity contribution in [1.29, 1.82) is 0 Å². The maximum atomic E-state index is 13.1. The summed E-state index contributed by atoms with van der Waals surface area (Å²) in [6, 6.07) is 10.1. The Morgan fingerprint density at radius 3 is 2.18 bits per heavy atom. The zero-order chi connectivity index (χ0) is 24.0. The topological polar surface area (TPSA) is 139 Å². The molecule has 0 spiro atoms. The molecule has 11 heteroatoms. The van der Waals surface area contributed by atoms with Crippen molar-refractivity contribution in [2.75, 3.05) is 31.1 Å². The smallest absolute Gasteiger partial charge is 0.269 e. The van der Waals surface area contributed by atoms with Crippen molar-refractivity contribution in [3.8, 4) is 0 Å². The van der Waals surface area contributed by atoms with E-state index in [0.29, 0.717) is 26.2 Å². The van der Waals surface area contributed by atoms with Gasteiger partial charge in [0.15, 0.2) is 0 Å². The van der Waals surface area contributed by atoms with Crippen LogP contribution < -0.4 is 16.0 Å². The average Bonchev–Trinajstić information content (AvgIpc) is 2.81. The number of anilines is 1. The third-order valence-electron chi connectivity index (χ3n) is 5.41. The van der Waals surface area contributed by atoms with Gasteiger partial charge in [0.2, 0.25) is 11.8 Å². The summed E-state index contributed by atoms with van der Waals surface area (Å²) in [6.07, 6.45) is -0.0352. The first-order chi connectivity index (χ1) is 15.7. The van der Waals surface area contributed by atoms with E-state index in [1.165, 1.54) is 24.3 Å². The molecule has 1 unspecified atom stereocenters. The van der Waals surface area contributed by atoms with Gasteiger partial charge in [-0.2, -0.15) is 0 Å². The predicted molar refractivity (Wildman–Crippen MR) is 118 cm³/mol. The van der Waals surface area contributed by atoms with Crippen LogP contribution in [0.4, 0.5) is 15.8 Å². The molecule has 0 saturated carbocycles. The van der Waals surface area contributed by atoms with Gasteiger partial charge in [0.25, 0.3) is 11.6 Å². The minimum Gasteiger partial charge on any atom is -0.370 e. The van der Waals surface area contributed by atoms with Crippen molar-refractivity contribution in [1.82, 2.24) is 10.2 Å². The Bertz CT molecular complexity index is 1020. The Hall–Kier alpha value is -4.02. The molecule has 1 saturated heterocycles. The van der Waals surface area contributed by atoms with E-state index in [9.17, 15) is 28.9 Å². The van der Waals surface area contributed by atoms with Crippen LogP contribution in [0.2, 0.25) is 0 Å². The van der Waals surface area contributed by atoms with Gasteiger partial charge < -0.3 is 20.9 Å². The van der Waals surface area contributed by atoms with Gasteiger partial charge in [-0.3, -0.25) is 24.5 Å². The molecule has 0 bridgehead atoms. The number of carbonyl (C=O) groups is 3. The first-order valence-corrected chi connectivity index (χ1v) is 10.4. The maximum Gasteiger partial charge on any atom is 0.269 e. The summed E-state index contributed by atoms with van der Waals surface area (Å²) >= 11 is 0. The normalized spacial score (nSPS) is 14.5. The van der Waals surface area contributed by atoms with Crippen molar-refractivity contribution in [3.63, 3.8) is 0 Å². The van der Waals surface area contributed by atoms with Gasteiger partial charge in [-0.1, -0.05) is 0 Å². The van der Waals surface area contributed by atoms with E-state index in [1.807, 2.05) is 4.90 Å². The second kappa shape index (κ2) is 10.5. The van der Waals surface area contributed by atoms with Crippen LogP contribution in [-0.4, -0.2) is 59.8 Å². The van der Waals surface area contributed by atoms with Crippen molar-refractivity contribution >= 4 is 29.1 Å². The van der Waals surface area contributed by atoms with Crippen LogP contribution in [0.5, 0.6) is 0 Å². The number of hydrogen-bond donors (Lipinski definition) is 2. The SMILES string of the molecule is NC(=O)CCC(NC(=O)c1ccc(F)cc1)C(=O)N1CCN(c2ccc([N+](=O)[O-])cc2)CC1. The van der Waals surface area contributed by atoms with Gasteiger partial charge in [0.1, 0.15) is 11.9 Å². The number of rotatable bonds is 8. The van der Waals surface area contributed by atoms with Crippen molar-refractivity contribution < 1.29 is 23.7 Å². The zero-order valence-corrected chi connectivity index (χ0v) is 17.8. The largest absolute Gasteiger partial charge is 0.370 e. The highest BCUT2D eigenvalue weighted by molar-refractivity contribution is 5.97. The number of nitrogens with two attached hydrogens (primary N) is 1. The fourth-order valence-electron chi connectivity index (χ4n) is 3.58. The summed E-state index contributed by atoms with van der Waals surface area (Å²) in [6.45, 7) is 1.74. The van der Waals surface area contributed by atoms with Gasteiger partial charge in [0, 0.05) is 56.0 Å². The third-order valence-corrected chi connectivity index (χ3v) is 5.41. The number of nitro groups is 1. The molecular weight excluding hydrogens is 433 g/mol. The van der Waals surface area contributed by atoms with Crippen molar-refractivity contribution in [3.05, 3.63) is 70.0 Å². The van der Waals surface area contributed by atoms with E-state index in [-0.39, 0.29) is 30.0 Å². The number of piperazine rings is 1. The molecule has 0 radical (unpaired) electrons. The van der Waals surface area contributed by atoms with Gasteiger partial charge in [0.05, 0.1) is 4.92 Å². The molecule has 33 heavy (non-hydrogen) atoms. The number of nitrogens with zero attached hydrogens (tertiary/aromatic N) is 3. The number of amides is 3. The summed E-state index contributed by atoms with van der Waals surface area (Å²) < 4.78 is 13.1. The van der Waals surface area contributed by atoms with Gasteiger partial charge >= 0.3 is 0 Å².